The molecule has 2 aromatic heterocycles. The molecule has 7 heteroatoms. The predicted octanol–water partition coefficient (Wildman–Crippen LogP) is 3.01. The van der Waals surface area contributed by atoms with E-state index in [9.17, 15) is 9.90 Å². The van der Waals surface area contributed by atoms with E-state index in [2.05, 4.69) is 15.0 Å². The number of ether oxygens (including phenoxy) is 1. The van der Waals surface area contributed by atoms with Crippen molar-refractivity contribution in [1.82, 2.24) is 15.0 Å². The monoisotopic (exact) mass is 348 g/mol. The number of amides is 1. The van der Waals surface area contributed by atoms with Crippen molar-refractivity contribution in [3.05, 3.63) is 59.9 Å². The minimum Gasteiger partial charge on any atom is -0.493 e. The number of carbonyl (C=O) groups excluding carboxylic acids is 1. The van der Waals surface area contributed by atoms with E-state index in [-0.39, 0.29) is 17.4 Å². The Kier molecular flexibility index (Phi) is 3.96. The SMILES string of the molecule is NC(=O)c1cc(O)nc(-c2ccc(Oc3ccc(C4CC4)cn3)cc2)n1. The molecule has 0 unspecified atom stereocenters. The molecule has 26 heavy (non-hydrogen) atoms. The first-order valence-electron chi connectivity index (χ1n) is 8.20. The highest BCUT2D eigenvalue weighted by Crippen LogP contribution is 2.40. The molecule has 0 saturated heterocycles. The minimum absolute atomic E-state index is 0.0484. The molecule has 4 rings (SSSR count). The number of hydrogen-bond donors (Lipinski definition) is 2. The molecule has 2 heterocycles. The zero-order chi connectivity index (χ0) is 18.1. The first-order valence-corrected chi connectivity index (χ1v) is 8.20. The number of nitrogens with two attached hydrogens (primary N) is 1. The van der Waals surface area contributed by atoms with Crippen LogP contribution in [0.5, 0.6) is 17.5 Å². The summed E-state index contributed by atoms with van der Waals surface area (Å²) in [5.74, 6) is 0.942. The summed E-state index contributed by atoms with van der Waals surface area (Å²) in [6.07, 6.45) is 4.32. The van der Waals surface area contributed by atoms with Crippen molar-refractivity contribution in [2.45, 2.75) is 18.8 Å². The summed E-state index contributed by atoms with van der Waals surface area (Å²) >= 11 is 0. The summed E-state index contributed by atoms with van der Waals surface area (Å²) in [7, 11) is 0. The van der Waals surface area contributed by atoms with Crippen molar-refractivity contribution < 1.29 is 14.6 Å². The van der Waals surface area contributed by atoms with E-state index in [0.29, 0.717) is 23.1 Å². The molecular formula is C19H16N4O3. The molecule has 3 N–H and O–H groups in total. The Balaban J connectivity index is 1.52. The lowest BCUT2D eigenvalue weighted by Gasteiger charge is -2.07. The zero-order valence-corrected chi connectivity index (χ0v) is 13.8. The Bertz CT molecular complexity index is 952. The number of aromatic nitrogens is 3. The quantitative estimate of drug-likeness (QED) is 0.733. The average molecular weight is 348 g/mol. The van der Waals surface area contributed by atoms with Gasteiger partial charge in [-0.2, -0.15) is 4.98 Å². The first kappa shape index (κ1) is 16.0. The highest BCUT2D eigenvalue weighted by molar-refractivity contribution is 5.91. The average Bonchev–Trinajstić information content (AvgIpc) is 3.48. The van der Waals surface area contributed by atoms with Crippen LogP contribution in [0.15, 0.2) is 48.7 Å². The number of rotatable bonds is 5. The lowest BCUT2D eigenvalue weighted by molar-refractivity contribution is 0.0995. The lowest BCUT2D eigenvalue weighted by atomic mass is 10.2. The van der Waals surface area contributed by atoms with Crippen molar-refractivity contribution >= 4 is 5.91 Å². The van der Waals surface area contributed by atoms with Gasteiger partial charge in [0.25, 0.3) is 5.91 Å². The summed E-state index contributed by atoms with van der Waals surface area (Å²) in [6, 6.07) is 12.0. The van der Waals surface area contributed by atoms with Crippen LogP contribution in [0.1, 0.15) is 34.8 Å². The molecule has 1 aliphatic carbocycles. The zero-order valence-electron chi connectivity index (χ0n) is 13.8. The van der Waals surface area contributed by atoms with Gasteiger partial charge in [0.2, 0.25) is 11.8 Å². The number of aromatic hydroxyl groups is 1. The maximum atomic E-state index is 11.3. The van der Waals surface area contributed by atoms with Gasteiger partial charge < -0.3 is 15.6 Å². The molecule has 3 aromatic rings. The van der Waals surface area contributed by atoms with Gasteiger partial charge in [-0.1, -0.05) is 6.07 Å². The number of carbonyl (C=O) groups is 1. The van der Waals surface area contributed by atoms with Gasteiger partial charge in [-0.15, -0.1) is 0 Å². The maximum Gasteiger partial charge on any atom is 0.267 e. The summed E-state index contributed by atoms with van der Waals surface area (Å²) in [6.45, 7) is 0. The fourth-order valence-electron chi connectivity index (χ4n) is 2.59. The van der Waals surface area contributed by atoms with Gasteiger partial charge in [0, 0.05) is 23.9 Å². The summed E-state index contributed by atoms with van der Waals surface area (Å²) in [4.78, 5) is 23.6. The van der Waals surface area contributed by atoms with Crippen LogP contribution in [0.3, 0.4) is 0 Å². The van der Waals surface area contributed by atoms with Crippen LogP contribution in [0.4, 0.5) is 0 Å². The van der Waals surface area contributed by atoms with Gasteiger partial charge in [0.1, 0.15) is 11.4 Å². The Hall–Kier alpha value is -3.48. The normalized spacial score (nSPS) is 13.4. The molecule has 1 saturated carbocycles. The van der Waals surface area contributed by atoms with Gasteiger partial charge in [0.15, 0.2) is 5.82 Å². The molecule has 0 bridgehead atoms. The highest BCUT2D eigenvalue weighted by Gasteiger charge is 2.23. The molecule has 0 atom stereocenters. The molecule has 1 aliphatic rings. The Morgan fingerprint density at radius 2 is 1.88 bits per heavy atom. The number of primary amides is 1. The topological polar surface area (TPSA) is 111 Å². The number of nitrogens with zero attached hydrogens (tertiary/aromatic N) is 3. The van der Waals surface area contributed by atoms with Crippen molar-refractivity contribution in [3.8, 4) is 28.9 Å². The Labute approximate surface area is 149 Å². The fourth-order valence-corrected chi connectivity index (χ4v) is 2.59. The molecule has 1 fully saturated rings. The number of pyridine rings is 1. The third kappa shape index (κ3) is 3.46. The van der Waals surface area contributed by atoms with Gasteiger partial charge in [-0.25, -0.2) is 9.97 Å². The third-order valence-electron chi connectivity index (χ3n) is 4.11. The summed E-state index contributed by atoms with van der Waals surface area (Å²) in [5, 5.41) is 9.63. The molecule has 0 aliphatic heterocycles. The van der Waals surface area contributed by atoms with E-state index in [0.717, 1.165) is 6.07 Å². The molecule has 7 nitrogen and oxygen atoms in total. The molecular weight excluding hydrogens is 332 g/mol. The van der Waals surface area contributed by atoms with Gasteiger partial charge in [-0.3, -0.25) is 4.79 Å². The highest BCUT2D eigenvalue weighted by atomic mass is 16.5. The van der Waals surface area contributed by atoms with E-state index in [1.165, 1.54) is 18.4 Å². The van der Waals surface area contributed by atoms with Crippen molar-refractivity contribution in [1.29, 1.82) is 0 Å². The molecule has 130 valence electrons. The second-order valence-corrected chi connectivity index (χ2v) is 6.13. The van der Waals surface area contributed by atoms with E-state index in [1.807, 2.05) is 18.3 Å². The first-order chi connectivity index (χ1) is 12.6. The molecule has 0 spiro atoms. The lowest BCUT2D eigenvalue weighted by Crippen LogP contribution is -2.13. The number of hydrogen-bond acceptors (Lipinski definition) is 6. The molecule has 0 radical (unpaired) electrons. The van der Waals surface area contributed by atoms with Crippen LogP contribution in [-0.2, 0) is 0 Å². The van der Waals surface area contributed by atoms with E-state index >= 15 is 0 Å². The Morgan fingerprint density at radius 1 is 1.12 bits per heavy atom. The van der Waals surface area contributed by atoms with Crippen LogP contribution in [0, 0.1) is 0 Å². The van der Waals surface area contributed by atoms with Crippen molar-refractivity contribution in [2.24, 2.45) is 5.73 Å². The van der Waals surface area contributed by atoms with Gasteiger partial charge >= 0.3 is 0 Å². The van der Waals surface area contributed by atoms with Crippen LogP contribution < -0.4 is 10.5 Å². The second-order valence-electron chi connectivity index (χ2n) is 6.13. The standard InChI is InChI=1S/C19H16N4O3/c20-18(25)15-9-16(24)23-19(22-15)12-3-6-14(7-4-12)26-17-8-5-13(10-21-17)11-1-2-11/h3-11H,1-2H2,(H2,20,25)(H,22,23,24). The van der Waals surface area contributed by atoms with Crippen LogP contribution >= 0.6 is 0 Å². The Morgan fingerprint density at radius 3 is 2.50 bits per heavy atom. The van der Waals surface area contributed by atoms with Crippen LogP contribution in [0.25, 0.3) is 11.4 Å². The fraction of sp³-hybridized carbons (Fsp3) is 0.158. The summed E-state index contributed by atoms with van der Waals surface area (Å²) < 4.78 is 5.73. The van der Waals surface area contributed by atoms with Gasteiger partial charge in [-0.05, 0) is 48.6 Å². The van der Waals surface area contributed by atoms with E-state index in [1.54, 1.807) is 24.3 Å². The van der Waals surface area contributed by atoms with E-state index in [4.69, 9.17) is 10.5 Å². The van der Waals surface area contributed by atoms with Crippen molar-refractivity contribution in [2.75, 3.05) is 0 Å². The smallest absolute Gasteiger partial charge is 0.267 e. The largest absolute Gasteiger partial charge is 0.493 e. The van der Waals surface area contributed by atoms with Crippen molar-refractivity contribution in [3.63, 3.8) is 0 Å². The van der Waals surface area contributed by atoms with Crippen LogP contribution in [0.2, 0.25) is 0 Å². The van der Waals surface area contributed by atoms with Gasteiger partial charge in [0.05, 0.1) is 0 Å². The minimum atomic E-state index is -0.732. The van der Waals surface area contributed by atoms with E-state index < -0.39 is 5.91 Å². The van der Waals surface area contributed by atoms with Crippen LogP contribution in [-0.4, -0.2) is 26.0 Å². The predicted molar refractivity (Wildman–Crippen MR) is 93.9 cm³/mol. The number of benzene rings is 1. The molecule has 1 amide bonds. The maximum absolute atomic E-state index is 11.3. The third-order valence-corrected chi connectivity index (χ3v) is 4.11. The molecule has 1 aromatic carbocycles. The summed E-state index contributed by atoms with van der Waals surface area (Å²) in [5.41, 5.74) is 7.02. The second kappa shape index (κ2) is 6.44.